The number of amides is 1. The molecule has 7 heteroatoms. The number of methoxy groups -OCH3 is 1. The van der Waals surface area contributed by atoms with Gasteiger partial charge < -0.3 is 24.2 Å². The van der Waals surface area contributed by atoms with E-state index in [1.165, 1.54) is 0 Å². The number of hydrogen-bond acceptors (Lipinski definition) is 5. The molecule has 0 aliphatic carbocycles. The SMILES string of the molecule is COc1cc(CN2CC(C(=O)O)CC2=O)ccc1OCCOc1ccccc1. The van der Waals surface area contributed by atoms with Crippen molar-refractivity contribution in [3.05, 3.63) is 54.1 Å². The van der Waals surface area contributed by atoms with Gasteiger partial charge in [0, 0.05) is 19.5 Å². The summed E-state index contributed by atoms with van der Waals surface area (Å²) in [5.74, 6) is 0.197. The summed E-state index contributed by atoms with van der Waals surface area (Å²) in [7, 11) is 1.55. The first-order chi connectivity index (χ1) is 13.6. The average molecular weight is 385 g/mol. The van der Waals surface area contributed by atoms with Gasteiger partial charge in [-0.3, -0.25) is 9.59 Å². The van der Waals surface area contributed by atoms with E-state index < -0.39 is 11.9 Å². The molecule has 1 heterocycles. The number of para-hydroxylation sites is 1. The second-order valence-electron chi connectivity index (χ2n) is 6.51. The molecule has 0 radical (unpaired) electrons. The summed E-state index contributed by atoms with van der Waals surface area (Å²) in [4.78, 5) is 24.6. The van der Waals surface area contributed by atoms with E-state index in [4.69, 9.17) is 19.3 Å². The van der Waals surface area contributed by atoms with Crippen molar-refractivity contribution in [2.75, 3.05) is 26.9 Å². The lowest BCUT2D eigenvalue weighted by Gasteiger charge is -2.18. The number of rotatable bonds is 9. The highest BCUT2D eigenvalue weighted by molar-refractivity contribution is 5.86. The zero-order chi connectivity index (χ0) is 19.9. The highest BCUT2D eigenvalue weighted by Gasteiger charge is 2.34. The maximum atomic E-state index is 12.0. The molecule has 0 saturated carbocycles. The van der Waals surface area contributed by atoms with Gasteiger partial charge in [0.05, 0.1) is 13.0 Å². The van der Waals surface area contributed by atoms with E-state index in [2.05, 4.69) is 0 Å². The first-order valence-electron chi connectivity index (χ1n) is 9.05. The number of benzene rings is 2. The molecule has 148 valence electrons. The summed E-state index contributed by atoms with van der Waals surface area (Å²) in [6.07, 6.45) is 0.0507. The molecule has 2 aromatic rings. The number of hydrogen-bond donors (Lipinski definition) is 1. The van der Waals surface area contributed by atoms with Gasteiger partial charge >= 0.3 is 5.97 Å². The predicted molar refractivity (Wildman–Crippen MR) is 102 cm³/mol. The van der Waals surface area contributed by atoms with Crippen LogP contribution in [-0.2, 0) is 16.1 Å². The Morgan fingerprint density at radius 1 is 1.11 bits per heavy atom. The fraction of sp³-hybridized carbons (Fsp3) is 0.333. The molecule has 1 aliphatic heterocycles. The molecule has 1 saturated heterocycles. The standard InChI is InChI=1S/C21H23NO6/c1-26-19-11-15(13-22-14-16(21(24)25)12-20(22)23)7-8-18(19)28-10-9-27-17-5-3-2-4-6-17/h2-8,11,16H,9-10,12-14H2,1H3,(H,24,25). The van der Waals surface area contributed by atoms with E-state index in [9.17, 15) is 9.59 Å². The van der Waals surface area contributed by atoms with E-state index in [0.29, 0.717) is 31.3 Å². The molecule has 3 rings (SSSR count). The zero-order valence-corrected chi connectivity index (χ0v) is 15.7. The number of carbonyl (C=O) groups is 2. The molecule has 2 aromatic carbocycles. The molecular weight excluding hydrogens is 362 g/mol. The first kappa shape index (κ1) is 19.5. The van der Waals surface area contributed by atoms with Crippen molar-refractivity contribution in [1.82, 2.24) is 4.90 Å². The highest BCUT2D eigenvalue weighted by Crippen LogP contribution is 2.29. The van der Waals surface area contributed by atoms with Gasteiger partial charge in [-0.05, 0) is 29.8 Å². The van der Waals surface area contributed by atoms with Gasteiger partial charge in [-0.15, -0.1) is 0 Å². The number of ether oxygens (including phenoxy) is 3. The quantitative estimate of drug-likeness (QED) is 0.668. The number of carbonyl (C=O) groups excluding carboxylic acids is 1. The van der Waals surface area contributed by atoms with Gasteiger partial charge in [-0.1, -0.05) is 24.3 Å². The average Bonchev–Trinajstić information content (AvgIpc) is 3.07. The summed E-state index contributed by atoms with van der Waals surface area (Å²) >= 11 is 0. The van der Waals surface area contributed by atoms with Crippen molar-refractivity contribution in [3.8, 4) is 17.2 Å². The molecule has 1 aliphatic rings. The number of carboxylic acid groups (broad SMARTS) is 1. The minimum atomic E-state index is -0.935. The molecule has 1 fully saturated rings. The molecule has 1 N–H and O–H groups in total. The maximum Gasteiger partial charge on any atom is 0.308 e. The van der Waals surface area contributed by atoms with Crippen molar-refractivity contribution < 1.29 is 28.9 Å². The van der Waals surface area contributed by atoms with E-state index in [0.717, 1.165) is 11.3 Å². The number of likely N-dealkylation sites (tertiary alicyclic amines) is 1. The Morgan fingerprint density at radius 3 is 2.54 bits per heavy atom. The fourth-order valence-electron chi connectivity index (χ4n) is 3.07. The predicted octanol–water partition coefficient (Wildman–Crippen LogP) is 2.59. The first-order valence-corrected chi connectivity index (χ1v) is 9.05. The van der Waals surface area contributed by atoms with Crippen molar-refractivity contribution in [2.45, 2.75) is 13.0 Å². The molecule has 1 amide bonds. The second kappa shape index (κ2) is 9.12. The van der Waals surface area contributed by atoms with Gasteiger partial charge in [0.2, 0.25) is 5.91 Å². The Labute approximate surface area is 163 Å². The minimum absolute atomic E-state index is 0.0507. The van der Waals surface area contributed by atoms with Gasteiger partial charge in [-0.25, -0.2) is 0 Å². The smallest absolute Gasteiger partial charge is 0.308 e. The van der Waals surface area contributed by atoms with Crippen molar-refractivity contribution >= 4 is 11.9 Å². The van der Waals surface area contributed by atoms with E-state index in [1.807, 2.05) is 36.4 Å². The largest absolute Gasteiger partial charge is 0.493 e. The molecule has 0 aromatic heterocycles. The lowest BCUT2D eigenvalue weighted by Crippen LogP contribution is -2.25. The fourth-order valence-corrected chi connectivity index (χ4v) is 3.07. The van der Waals surface area contributed by atoms with Crippen LogP contribution in [0.3, 0.4) is 0 Å². The van der Waals surface area contributed by atoms with Crippen LogP contribution in [0, 0.1) is 5.92 Å². The number of aliphatic carboxylic acids is 1. The lowest BCUT2D eigenvalue weighted by atomic mass is 10.1. The molecular formula is C21H23NO6. The third-order valence-electron chi connectivity index (χ3n) is 4.52. The number of carboxylic acids is 1. The molecule has 1 unspecified atom stereocenters. The van der Waals surface area contributed by atoms with Crippen molar-refractivity contribution in [3.63, 3.8) is 0 Å². The van der Waals surface area contributed by atoms with Crippen LogP contribution in [0.2, 0.25) is 0 Å². The van der Waals surface area contributed by atoms with E-state index in [-0.39, 0.29) is 18.9 Å². The van der Waals surface area contributed by atoms with Crippen LogP contribution in [0.1, 0.15) is 12.0 Å². The summed E-state index contributed by atoms with van der Waals surface area (Å²) in [5.41, 5.74) is 0.851. The second-order valence-corrected chi connectivity index (χ2v) is 6.51. The highest BCUT2D eigenvalue weighted by atomic mass is 16.5. The third kappa shape index (κ3) is 4.94. The van der Waals surface area contributed by atoms with Crippen LogP contribution >= 0.6 is 0 Å². The van der Waals surface area contributed by atoms with Gasteiger partial charge in [0.25, 0.3) is 0 Å². The Hall–Kier alpha value is -3.22. The zero-order valence-electron chi connectivity index (χ0n) is 15.7. The Bertz CT molecular complexity index is 823. The summed E-state index contributed by atoms with van der Waals surface area (Å²) < 4.78 is 16.7. The normalized spacial score (nSPS) is 16.1. The number of nitrogens with zero attached hydrogens (tertiary/aromatic N) is 1. The van der Waals surface area contributed by atoms with Crippen molar-refractivity contribution in [2.24, 2.45) is 5.92 Å². The van der Waals surface area contributed by atoms with Gasteiger partial charge in [0.15, 0.2) is 11.5 Å². The van der Waals surface area contributed by atoms with Crippen molar-refractivity contribution in [1.29, 1.82) is 0 Å². The van der Waals surface area contributed by atoms with Crippen LogP contribution in [0.4, 0.5) is 0 Å². The molecule has 28 heavy (non-hydrogen) atoms. The van der Waals surface area contributed by atoms with E-state index in [1.54, 1.807) is 24.1 Å². The molecule has 0 spiro atoms. The maximum absolute atomic E-state index is 12.0. The van der Waals surface area contributed by atoms with Gasteiger partial charge in [0.1, 0.15) is 19.0 Å². The van der Waals surface area contributed by atoms with Gasteiger partial charge in [-0.2, -0.15) is 0 Å². The lowest BCUT2D eigenvalue weighted by molar-refractivity contribution is -0.141. The Kier molecular flexibility index (Phi) is 6.37. The summed E-state index contributed by atoms with van der Waals surface area (Å²) in [5, 5.41) is 9.08. The van der Waals surface area contributed by atoms with Crippen LogP contribution in [0.5, 0.6) is 17.2 Å². The summed E-state index contributed by atoms with van der Waals surface area (Å²) in [6.45, 7) is 1.32. The third-order valence-corrected chi connectivity index (χ3v) is 4.52. The molecule has 7 nitrogen and oxygen atoms in total. The summed E-state index contributed by atoms with van der Waals surface area (Å²) in [6, 6.07) is 14.9. The monoisotopic (exact) mass is 385 g/mol. The Morgan fingerprint density at radius 2 is 1.86 bits per heavy atom. The Balaban J connectivity index is 1.55. The topological polar surface area (TPSA) is 85.3 Å². The van der Waals surface area contributed by atoms with Crippen LogP contribution in [-0.4, -0.2) is 48.8 Å². The molecule has 0 bridgehead atoms. The van der Waals surface area contributed by atoms with Crippen LogP contribution in [0.15, 0.2) is 48.5 Å². The van der Waals surface area contributed by atoms with Crippen LogP contribution in [0.25, 0.3) is 0 Å². The van der Waals surface area contributed by atoms with E-state index >= 15 is 0 Å². The molecule has 1 atom stereocenters. The minimum Gasteiger partial charge on any atom is -0.493 e. The van der Waals surface area contributed by atoms with Crippen LogP contribution < -0.4 is 14.2 Å².